The largest absolute Gasteiger partial charge is 0.497 e. The van der Waals surface area contributed by atoms with E-state index in [2.05, 4.69) is 24.4 Å². The third kappa shape index (κ3) is 1.59. The minimum Gasteiger partial charge on any atom is -0.497 e. The fraction of sp³-hybridized carbons (Fsp3) is 0.692. The Morgan fingerprint density at radius 2 is 2.38 bits per heavy atom. The first-order chi connectivity index (χ1) is 7.67. The molecule has 2 bridgehead atoms. The van der Waals surface area contributed by atoms with Gasteiger partial charge in [0.05, 0.1) is 6.26 Å². The minimum atomic E-state index is 0.190. The van der Waals surface area contributed by atoms with Crippen LogP contribution in [0.25, 0.3) is 0 Å². The van der Waals surface area contributed by atoms with Crippen LogP contribution in [0.1, 0.15) is 26.2 Å². The van der Waals surface area contributed by atoms with Crippen LogP contribution in [-0.2, 0) is 4.74 Å². The lowest BCUT2D eigenvalue weighted by Crippen LogP contribution is -2.53. The van der Waals surface area contributed by atoms with E-state index in [1.165, 1.54) is 12.0 Å². The van der Waals surface area contributed by atoms with Crippen LogP contribution in [0.2, 0.25) is 0 Å². The first-order valence-corrected chi connectivity index (χ1v) is 6.19. The molecule has 3 nitrogen and oxygen atoms in total. The van der Waals surface area contributed by atoms with Crippen LogP contribution in [-0.4, -0.2) is 24.2 Å². The number of fused-ring (bicyclic) bond motifs is 2. The molecule has 2 saturated heterocycles. The van der Waals surface area contributed by atoms with Gasteiger partial charge in [-0.25, -0.2) is 0 Å². The first kappa shape index (κ1) is 10.4. The van der Waals surface area contributed by atoms with Crippen LogP contribution in [0.15, 0.2) is 24.0 Å². The Morgan fingerprint density at radius 3 is 3.12 bits per heavy atom. The molecule has 4 atom stereocenters. The Labute approximate surface area is 96.7 Å². The predicted octanol–water partition coefficient (Wildman–Crippen LogP) is 1.31. The van der Waals surface area contributed by atoms with Gasteiger partial charge in [-0.1, -0.05) is 0 Å². The zero-order chi connectivity index (χ0) is 11.2. The summed E-state index contributed by atoms with van der Waals surface area (Å²) in [5, 5.41) is 3.75. The molecule has 88 valence electrons. The van der Waals surface area contributed by atoms with Crippen molar-refractivity contribution in [1.29, 1.82) is 0 Å². The molecule has 3 aliphatic heterocycles. The predicted molar refractivity (Wildman–Crippen MR) is 63.8 cm³/mol. The highest BCUT2D eigenvalue weighted by atomic mass is 16.5. The van der Waals surface area contributed by atoms with Gasteiger partial charge in [-0.15, -0.1) is 0 Å². The van der Waals surface area contributed by atoms with Gasteiger partial charge >= 0.3 is 0 Å². The van der Waals surface area contributed by atoms with Crippen LogP contribution < -0.4 is 11.1 Å². The molecule has 3 aliphatic rings. The Hall–Kier alpha value is -0.800. The van der Waals surface area contributed by atoms with Crippen LogP contribution >= 0.6 is 0 Å². The summed E-state index contributed by atoms with van der Waals surface area (Å²) in [4.78, 5) is 0. The first-order valence-electron chi connectivity index (χ1n) is 6.19. The Bertz CT molecular complexity index is 350. The highest BCUT2D eigenvalue weighted by molar-refractivity contribution is 5.30. The molecule has 0 aromatic carbocycles. The highest BCUT2D eigenvalue weighted by Gasteiger charge is 2.48. The van der Waals surface area contributed by atoms with E-state index >= 15 is 0 Å². The summed E-state index contributed by atoms with van der Waals surface area (Å²) in [6, 6.07) is 0.974. The summed E-state index contributed by atoms with van der Waals surface area (Å²) >= 11 is 0. The van der Waals surface area contributed by atoms with E-state index in [0.29, 0.717) is 18.0 Å². The Balaban J connectivity index is 1.86. The van der Waals surface area contributed by atoms with E-state index in [9.17, 15) is 0 Å². The van der Waals surface area contributed by atoms with Crippen molar-refractivity contribution in [1.82, 2.24) is 5.32 Å². The maximum atomic E-state index is 6.13. The molecule has 0 aromatic rings. The molecular weight excluding hydrogens is 200 g/mol. The second kappa shape index (κ2) is 3.60. The topological polar surface area (TPSA) is 47.3 Å². The van der Waals surface area contributed by atoms with Gasteiger partial charge in [0, 0.05) is 23.5 Å². The van der Waals surface area contributed by atoms with Crippen LogP contribution in [0.4, 0.5) is 0 Å². The zero-order valence-corrected chi connectivity index (χ0v) is 9.78. The summed E-state index contributed by atoms with van der Waals surface area (Å²) in [5.74, 6) is 0.603. The summed E-state index contributed by atoms with van der Waals surface area (Å²) in [6.07, 6.45) is 9.58. The van der Waals surface area contributed by atoms with Crippen molar-refractivity contribution in [3.05, 3.63) is 24.0 Å². The van der Waals surface area contributed by atoms with E-state index in [0.717, 1.165) is 19.4 Å². The summed E-state index contributed by atoms with van der Waals surface area (Å²) in [5.41, 5.74) is 7.75. The molecule has 2 fully saturated rings. The minimum absolute atomic E-state index is 0.190. The molecule has 3 heterocycles. The zero-order valence-electron chi connectivity index (χ0n) is 9.78. The van der Waals surface area contributed by atoms with Gasteiger partial charge in [0.2, 0.25) is 0 Å². The van der Waals surface area contributed by atoms with Crippen molar-refractivity contribution in [2.45, 2.75) is 43.8 Å². The Morgan fingerprint density at radius 1 is 1.50 bits per heavy atom. The third-order valence-corrected chi connectivity index (χ3v) is 4.27. The van der Waals surface area contributed by atoms with Crippen molar-refractivity contribution in [2.75, 3.05) is 6.61 Å². The third-order valence-electron chi connectivity index (χ3n) is 4.27. The number of allylic oxidation sites excluding steroid dienone is 1. The van der Waals surface area contributed by atoms with Crippen LogP contribution in [0.3, 0.4) is 0 Å². The van der Waals surface area contributed by atoms with E-state index < -0.39 is 0 Å². The highest BCUT2D eigenvalue weighted by Crippen LogP contribution is 2.43. The molecular formula is C13H20N2O. The average molecular weight is 220 g/mol. The van der Waals surface area contributed by atoms with Gasteiger partial charge in [-0.05, 0) is 43.9 Å². The van der Waals surface area contributed by atoms with Crippen molar-refractivity contribution >= 4 is 0 Å². The summed E-state index contributed by atoms with van der Waals surface area (Å²) in [7, 11) is 0. The standard InChI is InChI=1S/C13H20N2O/c1-13-8-10(14)6-11(15-13)7-12(13)9-2-4-16-5-3-9/h2-4,10-12,15H,5-8,14H2,1H3. The van der Waals surface area contributed by atoms with Gasteiger partial charge in [-0.2, -0.15) is 0 Å². The molecule has 16 heavy (non-hydrogen) atoms. The number of piperidine rings is 1. The van der Waals surface area contributed by atoms with Crippen molar-refractivity contribution in [3.63, 3.8) is 0 Å². The second-order valence-electron chi connectivity index (χ2n) is 5.59. The summed E-state index contributed by atoms with van der Waals surface area (Å²) < 4.78 is 5.22. The lowest BCUT2D eigenvalue weighted by Gasteiger charge is -2.38. The van der Waals surface area contributed by atoms with Crippen molar-refractivity contribution in [3.8, 4) is 0 Å². The van der Waals surface area contributed by atoms with Gasteiger partial charge in [0.15, 0.2) is 0 Å². The molecule has 0 aromatic heterocycles. The molecule has 0 amide bonds. The molecule has 0 spiro atoms. The van der Waals surface area contributed by atoms with E-state index in [1.54, 1.807) is 0 Å². The maximum Gasteiger partial charge on any atom is 0.106 e. The normalized spacial score (nSPS) is 46.4. The van der Waals surface area contributed by atoms with Gasteiger partial charge < -0.3 is 15.8 Å². The lowest BCUT2D eigenvalue weighted by atomic mass is 9.78. The number of nitrogens with two attached hydrogens (primary N) is 1. The maximum absolute atomic E-state index is 6.13. The van der Waals surface area contributed by atoms with Gasteiger partial charge in [-0.3, -0.25) is 0 Å². The number of hydrogen-bond acceptors (Lipinski definition) is 3. The summed E-state index contributed by atoms with van der Waals surface area (Å²) in [6.45, 7) is 3.04. The number of ether oxygens (including phenoxy) is 1. The van der Waals surface area contributed by atoms with Crippen molar-refractivity contribution in [2.24, 2.45) is 11.7 Å². The lowest BCUT2D eigenvalue weighted by molar-refractivity contribution is 0.240. The number of nitrogens with one attached hydrogen (secondary N) is 1. The van der Waals surface area contributed by atoms with Crippen LogP contribution in [0.5, 0.6) is 0 Å². The monoisotopic (exact) mass is 220 g/mol. The molecule has 0 radical (unpaired) electrons. The average Bonchev–Trinajstić information content (AvgIpc) is 2.49. The fourth-order valence-corrected chi connectivity index (χ4v) is 3.68. The van der Waals surface area contributed by atoms with Gasteiger partial charge in [0.25, 0.3) is 0 Å². The molecule has 3 N–H and O–H groups in total. The van der Waals surface area contributed by atoms with Crippen molar-refractivity contribution < 1.29 is 4.74 Å². The van der Waals surface area contributed by atoms with E-state index in [4.69, 9.17) is 10.5 Å². The van der Waals surface area contributed by atoms with Gasteiger partial charge in [0.1, 0.15) is 6.61 Å². The van der Waals surface area contributed by atoms with E-state index in [1.807, 2.05) is 6.26 Å². The fourth-order valence-electron chi connectivity index (χ4n) is 3.68. The second-order valence-corrected chi connectivity index (χ2v) is 5.59. The Kier molecular flexibility index (Phi) is 2.33. The molecule has 4 unspecified atom stereocenters. The van der Waals surface area contributed by atoms with E-state index in [-0.39, 0.29) is 5.54 Å². The number of rotatable bonds is 1. The SMILES string of the molecule is CC12CC(N)CC(CC1C1=CCOC=C1)N2. The quantitative estimate of drug-likeness (QED) is 0.700. The number of hydrogen-bond donors (Lipinski definition) is 2. The smallest absolute Gasteiger partial charge is 0.106 e. The molecule has 0 saturated carbocycles. The molecule has 3 heteroatoms. The molecule has 3 rings (SSSR count). The van der Waals surface area contributed by atoms with Crippen LogP contribution in [0, 0.1) is 5.92 Å². The molecule has 0 aliphatic carbocycles.